The second-order valence-electron chi connectivity index (χ2n) is 4.96. The maximum Gasteiger partial charge on any atom is 0.248 e. The predicted molar refractivity (Wildman–Crippen MR) is 83.2 cm³/mol. The van der Waals surface area contributed by atoms with E-state index in [9.17, 15) is 4.79 Å². The zero-order valence-electron chi connectivity index (χ0n) is 12.5. The van der Waals surface area contributed by atoms with Crippen molar-refractivity contribution in [1.82, 2.24) is 4.90 Å². The molecule has 1 unspecified atom stereocenters. The molecule has 0 bridgehead atoms. The van der Waals surface area contributed by atoms with Crippen molar-refractivity contribution >= 4 is 23.1 Å². The number of ether oxygens (including phenoxy) is 1. The molecule has 0 heterocycles. The third kappa shape index (κ3) is 9.85. The first-order chi connectivity index (χ1) is 9.01. The van der Waals surface area contributed by atoms with Gasteiger partial charge in [-0.1, -0.05) is 45.3 Å². The Morgan fingerprint density at radius 3 is 2.63 bits per heavy atom. The quantitative estimate of drug-likeness (QED) is 0.593. The molecule has 0 radical (unpaired) electrons. The number of unbranched alkanes of at least 4 members (excludes halogenated alkanes) is 1. The minimum atomic E-state index is -0.0124. The highest BCUT2D eigenvalue weighted by molar-refractivity contribution is 7.80. The molecule has 0 aromatic rings. The molecule has 0 rings (SSSR count). The summed E-state index contributed by atoms with van der Waals surface area (Å²) in [6.07, 6.45) is 5.27. The third-order valence-electron chi connectivity index (χ3n) is 3.24. The molecule has 0 aliphatic rings. The van der Waals surface area contributed by atoms with E-state index in [0.29, 0.717) is 30.5 Å². The summed E-state index contributed by atoms with van der Waals surface area (Å²) in [7, 11) is 1.75. The summed E-state index contributed by atoms with van der Waals surface area (Å²) in [6.45, 7) is 5.74. The van der Waals surface area contributed by atoms with Crippen molar-refractivity contribution in [3.05, 3.63) is 0 Å². The second kappa shape index (κ2) is 11.2. The molecule has 19 heavy (non-hydrogen) atoms. The fraction of sp³-hybridized carbons (Fsp3) is 0.857. The number of rotatable bonds is 11. The number of hydrogen-bond donors (Lipinski definition) is 1. The zero-order chi connectivity index (χ0) is 14.7. The van der Waals surface area contributed by atoms with E-state index in [1.807, 2.05) is 0 Å². The number of likely N-dealkylation sites (N-methyl/N-ethyl adjacent to an activating group) is 1. The molecule has 1 atom stereocenters. The molecule has 0 saturated heterocycles. The number of thiocarbonyl (C=S) groups is 1. The van der Waals surface area contributed by atoms with Crippen molar-refractivity contribution in [1.29, 1.82) is 0 Å². The van der Waals surface area contributed by atoms with Gasteiger partial charge in [0.15, 0.2) is 0 Å². The molecule has 1 amide bonds. The highest BCUT2D eigenvalue weighted by atomic mass is 32.1. The maximum absolute atomic E-state index is 11.8. The van der Waals surface area contributed by atoms with Crippen LogP contribution in [0.25, 0.3) is 0 Å². The van der Waals surface area contributed by atoms with E-state index in [2.05, 4.69) is 13.8 Å². The first-order valence-electron chi connectivity index (χ1n) is 7.11. The van der Waals surface area contributed by atoms with Gasteiger partial charge in [-0.25, -0.2) is 0 Å². The van der Waals surface area contributed by atoms with E-state index in [1.54, 1.807) is 11.9 Å². The van der Waals surface area contributed by atoms with E-state index in [4.69, 9.17) is 22.7 Å². The van der Waals surface area contributed by atoms with Crippen LogP contribution < -0.4 is 5.73 Å². The molecule has 0 saturated carbocycles. The normalized spacial score (nSPS) is 12.2. The van der Waals surface area contributed by atoms with Crippen LogP contribution in [-0.4, -0.2) is 42.6 Å². The molecular weight excluding hydrogens is 260 g/mol. The Morgan fingerprint density at radius 1 is 1.42 bits per heavy atom. The lowest BCUT2D eigenvalue weighted by molar-refractivity contribution is -0.135. The number of hydrogen-bond acceptors (Lipinski definition) is 3. The van der Waals surface area contributed by atoms with E-state index in [-0.39, 0.29) is 12.5 Å². The van der Waals surface area contributed by atoms with E-state index < -0.39 is 0 Å². The van der Waals surface area contributed by atoms with Crippen LogP contribution in [0.5, 0.6) is 0 Å². The average molecular weight is 288 g/mol. The molecule has 4 nitrogen and oxygen atoms in total. The van der Waals surface area contributed by atoms with Crippen LogP contribution >= 0.6 is 12.2 Å². The average Bonchev–Trinajstić information content (AvgIpc) is 2.39. The molecule has 0 aliphatic heterocycles. The molecular formula is C14H28N2O2S. The van der Waals surface area contributed by atoms with Crippen molar-refractivity contribution < 1.29 is 9.53 Å². The van der Waals surface area contributed by atoms with Gasteiger partial charge in [-0.05, 0) is 12.3 Å². The van der Waals surface area contributed by atoms with Gasteiger partial charge in [-0.2, -0.15) is 0 Å². The van der Waals surface area contributed by atoms with Gasteiger partial charge in [0.05, 0.1) is 11.6 Å². The van der Waals surface area contributed by atoms with Gasteiger partial charge in [0, 0.05) is 20.0 Å². The summed E-state index contributed by atoms with van der Waals surface area (Å²) in [4.78, 5) is 13.8. The molecule has 0 aromatic carbocycles. The van der Waals surface area contributed by atoms with Crippen molar-refractivity contribution in [2.24, 2.45) is 11.7 Å². The van der Waals surface area contributed by atoms with E-state index >= 15 is 0 Å². The molecule has 5 heteroatoms. The van der Waals surface area contributed by atoms with Gasteiger partial charge in [0.2, 0.25) is 5.91 Å². The Kier molecular flexibility index (Phi) is 10.8. The first kappa shape index (κ1) is 18.3. The number of carbonyl (C=O) groups is 1. The predicted octanol–water partition coefficient (Wildman–Crippen LogP) is 2.35. The van der Waals surface area contributed by atoms with Crippen LogP contribution in [0.4, 0.5) is 0 Å². The van der Waals surface area contributed by atoms with Crippen LogP contribution in [0.15, 0.2) is 0 Å². The topological polar surface area (TPSA) is 55.6 Å². The monoisotopic (exact) mass is 288 g/mol. The van der Waals surface area contributed by atoms with Crippen LogP contribution in [-0.2, 0) is 9.53 Å². The Hall–Kier alpha value is -0.680. The van der Waals surface area contributed by atoms with E-state index in [1.165, 1.54) is 19.3 Å². The van der Waals surface area contributed by atoms with Crippen LogP contribution in [0.1, 0.15) is 46.0 Å². The molecule has 0 fully saturated rings. The lowest BCUT2D eigenvalue weighted by Crippen LogP contribution is -2.33. The van der Waals surface area contributed by atoms with Gasteiger partial charge >= 0.3 is 0 Å². The minimum Gasteiger partial charge on any atom is -0.393 e. The second-order valence-corrected chi connectivity index (χ2v) is 5.49. The van der Waals surface area contributed by atoms with Gasteiger partial charge in [0.1, 0.15) is 6.61 Å². The van der Waals surface area contributed by atoms with Gasteiger partial charge < -0.3 is 15.4 Å². The lowest BCUT2D eigenvalue weighted by Gasteiger charge is -2.18. The van der Waals surface area contributed by atoms with Gasteiger partial charge in [0.25, 0.3) is 0 Å². The Balaban J connectivity index is 3.79. The van der Waals surface area contributed by atoms with Crippen molar-refractivity contribution in [3.8, 4) is 0 Å². The lowest BCUT2D eigenvalue weighted by atomic mass is 10.0. The van der Waals surface area contributed by atoms with Crippen LogP contribution in [0, 0.1) is 5.92 Å². The van der Waals surface area contributed by atoms with Crippen LogP contribution in [0.2, 0.25) is 0 Å². The third-order valence-corrected chi connectivity index (χ3v) is 3.45. The molecule has 0 aromatic heterocycles. The molecule has 112 valence electrons. The summed E-state index contributed by atoms with van der Waals surface area (Å²) in [5.74, 6) is 0.552. The van der Waals surface area contributed by atoms with E-state index in [0.717, 1.165) is 6.42 Å². The fourth-order valence-corrected chi connectivity index (χ4v) is 1.82. The highest BCUT2D eigenvalue weighted by Crippen LogP contribution is 2.12. The Morgan fingerprint density at radius 2 is 2.11 bits per heavy atom. The number of carbonyl (C=O) groups excluding carboxylic acids is 1. The van der Waals surface area contributed by atoms with Crippen molar-refractivity contribution in [3.63, 3.8) is 0 Å². The zero-order valence-corrected chi connectivity index (χ0v) is 13.3. The minimum absolute atomic E-state index is 0.0124. The number of nitrogens with two attached hydrogens (primary N) is 1. The fourth-order valence-electron chi connectivity index (χ4n) is 1.72. The van der Waals surface area contributed by atoms with Crippen LogP contribution in [0.3, 0.4) is 0 Å². The SMILES string of the molecule is CCCCC(CC)COCC(=O)N(C)CCC(N)=S. The highest BCUT2D eigenvalue weighted by Gasteiger charge is 2.11. The molecule has 2 N–H and O–H groups in total. The maximum atomic E-state index is 11.8. The molecule has 0 aliphatic carbocycles. The standard InChI is InChI=1S/C14H28N2O2S/c1-4-6-7-12(5-2)10-18-11-14(17)16(3)9-8-13(15)19/h12H,4-11H2,1-3H3,(H2,15,19). The number of amides is 1. The summed E-state index contributed by atoms with van der Waals surface area (Å²) in [6, 6.07) is 0. The Labute approximate surface area is 122 Å². The van der Waals surface area contributed by atoms with Crippen molar-refractivity contribution in [2.75, 3.05) is 26.8 Å². The Bertz CT molecular complexity index is 272. The summed E-state index contributed by atoms with van der Waals surface area (Å²) >= 11 is 4.79. The summed E-state index contributed by atoms with van der Waals surface area (Å²) in [5.41, 5.74) is 5.41. The molecule has 0 spiro atoms. The summed E-state index contributed by atoms with van der Waals surface area (Å²) < 4.78 is 5.52. The van der Waals surface area contributed by atoms with Crippen molar-refractivity contribution in [2.45, 2.75) is 46.0 Å². The smallest absolute Gasteiger partial charge is 0.248 e. The largest absolute Gasteiger partial charge is 0.393 e. The number of nitrogens with zero attached hydrogens (tertiary/aromatic N) is 1. The first-order valence-corrected chi connectivity index (χ1v) is 7.52. The summed E-state index contributed by atoms with van der Waals surface area (Å²) in [5, 5.41) is 0. The van der Waals surface area contributed by atoms with Gasteiger partial charge in [-0.3, -0.25) is 4.79 Å². The van der Waals surface area contributed by atoms with Gasteiger partial charge in [-0.15, -0.1) is 0 Å².